The van der Waals surface area contributed by atoms with E-state index in [0.29, 0.717) is 6.04 Å². The van der Waals surface area contributed by atoms with Crippen LogP contribution in [0, 0.1) is 5.92 Å². The van der Waals surface area contributed by atoms with Crippen LogP contribution in [0.4, 0.5) is 0 Å². The van der Waals surface area contributed by atoms with Crippen LogP contribution < -0.4 is 5.73 Å². The number of likely N-dealkylation sites (tertiary alicyclic amines) is 1. The van der Waals surface area contributed by atoms with E-state index in [1.807, 2.05) is 11.6 Å². The first-order chi connectivity index (χ1) is 8.24. The summed E-state index contributed by atoms with van der Waals surface area (Å²) in [6.07, 6.45) is 5.54. The monoisotopic (exact) mass is 237 g/mol. The highest BCUT2D eigenvalue weighted by Crippen LogP contribution is 2.25. The summed E-state index contributed by atoms with van der Waals surface area (Å²) in [6, 6.07) is 0.505. The van der Waals surface area contributed by atoms with Gasteiger partial charge >= 0.3 is 0 Å². The molecule has 5 heteroatoms. The number of aromatic nitrogens is 3. The van der Waals surface area contributed by atoms with Gasteiger partial charge in [-0.1, -0.05) is 13.3 Å². The highest BCUT2D eigenvalue weighted by Gasteiger charge is 2.27. The Balaban J connectivity index is 1.98. The first kappa shape index (κ1) is 12.5. The van der Waals surface area contributed by atoms with E-state index < -0.39 is 0 Å². The van der Waals surface area contributed by atoms with Crippen LogP contribution in [0.5, 0.6) is 0 Å². The van der Waals surface area contributed by atoms with Gasteiger partial charge in [-0.05, 0) is 25.3 Å². The lowest BCUT2D eigenvalue weighted by molar-refractivity contribution is 0.104. The van der Waals surface area contributed by atoms with Crippen molar-refractivity contribution in [1.82, 2.24) is 19.7 Å². The Hall–Kier alpha value is -0.940. The number of hydrogen-bond donors (Lipinski definition) is 1. The van der Waals surface area contributed by atoms with Crippen molar-refractivity contribution in [2.75, 3.05) is 13.1 Å². The van der Waals surface area contributed by atoms with E-state index in [2.05, 4.69) is 22.0 Å². The molecule has 2 atom stereocenters. The van der Waals surface area contributed by atoms with Crippen LogP contribution in [-0.2, 0) is 13.6 Å². The van der Waals surface area contributed by atoms with Crippen molar-refractivity contribution in [3.63, 3.8) is 0 Å². The topological polar surface area (TPSA) is 60.0 Å². The Labute approximate surface area is 103 Å². The lowest BCUT2D eigenvalue weighted by Gasteiger charge is -2.38. The molecule has 0 spiro atoms. The molecule has 2 N–H and O–H groups in total. The molecule has 2 rings (SSSR count). The average Bonchev–Trinajstić information content (AvgIpc) is 2.75. The zero-order valence-corrected chi connectivity index (χ0v) is 10.8. The van der Waals surface area contributed by atoms with Gasteiger partial charge in [0, 0.05) is 19.6 Å². The average molecular weight is 237 g/mol. The number of nitrogens with two attached hydrogens (primary N) is 1. The summed E-state index contributed by atoms with van der Waals surface area (Å²) in [5, 5.41) is 8.07. The van der Waals surface area contributed by atoms with E-state index in [0.717, 1.165) is 31.4 Å². The van der Waals surface area contributed by atoms with Crippen molar-refractivity contribution in [2.24, 2.45) is 18.7 Å². The van der Waals surface area contributed by atoms with Gasteiger partial charge in [0.1, 0.15) is 12.2 Å². The van der Waals surface area contributed by atoms with Crippen LogP contribution in [0.3, 0.4) is 0 Å². The minimum absolute atomic E-state index is 0.505. The molecule has 0 aliphatic carbocycles. The van der Waals surface area contributed by atoms with Crippen LogP contribution in [0.1, 0.15) is 32.0 Å². The zero-order valence-electron chi connectivity index (χ0n) is 10.8. The molecule has 0 bridgehead atoms. The number of hydrogen-bond acceptors (Lipinski definition) is 4. The lowest BCUT2D eigenvalue weighted by atomic mass is 9.89. The molecule has 1 aliphatic rings. The van der Waals surface area contributed by atoms with Gasteiger partial charge in [0.15, 0.2) is 0 Å². The third-order valence-electron chi connectivity index (χ3n) is 3.95. The van der Waals surface area contributed by atoms with Gasteiger partial charge in [0.25, 0.3) is 0 Å². The second-order valence-corrected chi connectivity index (χ2v) is 5.02. The van der Waals surface area contributed by atoms with Gasteiger partial charge in [-0.2, -0.15) is 0 Å². The minimum Gasteiger partial charge on any atom is -0.329 e. The Morgan fingerprint density at radius 2 is 2.35 bits per heavy atom. The Bertz CT molecular complexity index is 348. The van der Waals surface area contributed by atoms with Gasteiger partial charge in [-0.25, -0.2) is 0 Å². The fourth-order valence-corrected chi connectivity index (χ4v) is 2.64. The van der Waals surface area contributed by atoms with Crippen LogP contribution >= 0.6 is 0 Å². The van der Waals surface area contributed by atoms with Gasteiger partial charge in [-0.3, -0.25) is 4.90 Å². The van der Waals surface area contributed by atoms with Crippen LogP contribution in [0.2, 0.25) is 0 Å². The molecule has 17 heavy (non-hydrogen) atoms. The van der Waals surface area contributed by atoms with E-state index in [9.17, 15) is 0 Å². The summed E-state index contributed by atoms with van der Waals surface area (Å²) in [4.78, 5) is 2.45. The van der Waals surface area contributed by atoms with Gasteiger partial charge in [-0.15, -0.1) is 10.2 Å². The van der Waals surface area contributed by atoms with Crippen molar-refractivity contribution in [2.45, 2.75) is 38.8 Å². The molecule has 1 saturated heterocycles. The second-order valence-electron chi connectivity index (χ2n) is 5.02. The molecule has 1 aromatic heterocycles. The molecular weight excluding hydrogens is 214 g/mol. The van der Waals surface area contributed by atoms with E-state index in [1.54, 1.807) is 6.33 Å². The molecule has 0 amide bonds. The maximum atomic E-state index is 5.89. The SMILES string of the molecule is CCC1CCN(Cc2nncn2C)C(CN)C1. The van der Waals surface area contributed by atoms with E-state index in [4.69, 9.17) is 5.73 Å². The number of aryl methyl sites for hydroxylation is 1. The Morgan fingerprint density at radius 1 is 1.53 bits per heavy atom. The first-order valence-corrected chi connectivity index (χ1v) is 6.51. The highest BCUT2D eigenvalue weighted by atomic mass is 15.3. The summed E-state index contributed by atoms with van der Waals surface area (Å²) >= 11 is 0. The molecule has 1 aromatic rings. The molecule has 0 aromatic carbocycles. The third-order valence-corrected chi connectivity index (χ3v) is 3.95. The molecule has 2 heterocycles. The van der Waals surface area contributed by atoms with Crippen molar-refractivity contribution in [1.29, 1.82) is 0 Å². The molecule has 1 fully saturated rings. The normalized spacial score (nSPS) is 26.3. The summed E-state index contributed by atoms with van der Waals surface area (Å²) in [5.41, 5.74) is 5.89. The van der Waals surface area contributed by atoms with Crippen LogP contribution in [0.25, 0.3) is 0 Å². The molecule has 96 valence electrons. The third kappa shape index (κ3) is 2.84. The second kappa shape index (κ2) is 5.60. The summed E-state index contributed by atoms with van der Waals surface area (Å²) in [6.45, 7) is 5.02. The summed E-state index contributed by atoms with van der Waals surface area (Å²) < 4.78 is 1.99. The smallest absolute Gasteiger partial charge is 0.146 e. The minimum atomic E-state index is 0.505. The number of rotatable bonds is 4. The molecule has 0 saturated carbocycles. The lowest BCUT2D eigenvalue weighted by Crippen LogP contribution is -2.46. The standard InChI is InChI=1S/C12H23N5/c1-3-10-4-5-17(11(6-10)7-13)8-12-15-14-9-16(12)2/h9-11H,3-8,13H2,1-2H3. The fraction of sp³-hybridized carbons (Fsp3) is 0.833. The number of piperidine rings is 1. The first-order valence-electron chi connectivity index (χ1n) is 6.51. The largest absolute Gasteiger partial charge is 0.329 e. The fourth-order valence-electron chi connectivity index (χ4n) is 2.64. The van der Waals surface area contributed by atoms with Crippen molar-refractivity contribution in [3.8, 4) is 0 Å². The van der Waals surface area contributed by atoms with Crippen molar-refractivity contribution in [3.05, 3.63) is 12.2 Å². The molecular formula is C12H23N5. The predicted octanol–water partition coefficient (Wildman–Crippen LogP) is 0.764. The summed E-state index contributed by atoms with van der Waals surface area (Å²) in [5.74, 6) is 1.87. The molecule has 2 unspecified atom stereocenters. The highest BCUT2D eigenvalue weighted by molar-refractivity contribution is 4.89. The van der Waals surface area contributed by atoms with Crippen molar-refractivity contribution < 1.29 is 0 Å². The predicted molar refractivity (Wildman–Crippen MR) is 67.3 cm³/mol. The van der Waals surface area contributed by atoms with Gasteiger partial charge < -0.3 is 10.3 Å². The molecule has 0 radical (unpaired) electrons. The molecule has 5 nitrogen and oxygen atoms in total. The quantitative estimate of drug-likeness (QED) is 0.840. The van der Waals surface area contributed by atoms with Crippen LogP contribution in [-0.4, -0.2) is 38.8 Å². The Morgan fingerprint density at radius 3 is 2.94 bits per heavy atom. The summed E-state index contributed by atoms with van der Waals surface area (Å²) in [7, 11) is 1.99. The van der Waals surface area contributed by atoms with Gasteiger partial charge in [0.05, 0.1) is 6.54 Å². The van der Waals surface area contributed by atoms with Gasteiger partial charge in [0.2, 0.25) is 0 Å². The Kier molecular flexibility index (Phi) is 4.12. The maximum absolute atomic E-state index is 5.89. The van der Waals surface area contributed by atoms with Crippen molar-refractivity contribution >= 4 is 0 Å². The van der Waals surface area contributed by atoms with E-state index in [-0.39, 0.29) is 0 Å². The zero-order chi connectivity index (χ0) is 12.3. The number of nitrogens with zero attached hydrogens (tertiary/aromatic N) is 4. The molecule has 1 aliphatic heterocycles. The van der Waals surface area contributed by atoms with E-state index >= 15 is 0 Å². The van der Waals surface area contributed by atoms with E-state index in [1.165, 1.54) is 19.3 Å². The van der Waals surface area contributed by atoms with Crippen LogP contribution in [0.15, 0.2) is 6.33 Å². The maximum Gasteiger partial charge on any atom is 0.146 e.